The number of rotatable bonds is 9. The molecule has 0 aliphatic carbocycles. The number of nitrogens with one attached hydrogen (secondary N) is 2. The second-order valence-electron chi connectivity index (χ2n) is 4.13. The Hall–Kier alpha value is -1.07. The van der Waals surface area contributed by atoms with Crippen LogP contribution in [0.15, 0.2) is 29.2 Å². The van der Waals surface area contributed by atoms with Crippen molar-refractivity contribution in [2.24, 2.45) is 0 Å². The van der Waals surface area contributed by atoms with Gasteiger partial charge in [-0.1, -0.05) is 19.1 Å². The normalized spacial score (nSPS) is 10.4. The summed E-state index contributed by atoms with van der Waals surface area (Å²) in [7, 11) is 0. The second kappa shape index (κ2) is 9.81. The van der Waals surface area contributed by atoms with Crippen LogP contribution in [-0.4, -0.2) is 31.3 Å². The average Bonchev–Trinajstić information content (AvgIpc) is 2.41. The fourth-order valence-corrected chi connectivity index (χ4v) is 2.38. The molecule has 1 aromatic rings. The zero-order chi connectivity index (χ0) is 13.9. The van der Waals surface area contributed by atoms with Crippen LogP contribution in [0.2, 0.25) is 0 Å². The molecule has 1 amide bonds. The van der Waals surface area contributed by atoms with Gasteiger partial charge in [-0.2, -0.15) is 0 Å². The molecule has 2 N–H and O–H groups in total. The number of amides is 1. The second-order valence-corrected chi connectivity index (χ2v) is 5.27. The Morgan fingerprint density at radius 3 is 2.79 bits per heavy atom. The summed E-state index contributed by atoms with van der Waals surface area (Å²) in [6.45, 7) is 4.51. The van der Waals surface area contributed by atoms with Crippen LogP contribution in [0.25, 0.3) is 0 Å². The van der Waals surface area contributed by atoms with Gasteiger partial charge in [0.1, 0.15) is 5.82 Å². The molecule has 0 spiro atoms. The molecule has 1 rings (SSSR count). The molecule has 1 aromatic carbocycles. The van der Waals surface area contributed by atoms with Gasteiger partial charge in [-0.3, -0.25) is 4.79 Å². The average molecular weight is 284 g/mol. The molecule has 19 heavy (non-hydrogen) atoms. The fraction of sp³-hybridized carbons (Fsp3) is 0.500. The molecule has 0 aliphatic heterocycles. The van der Waals surface area contributed by atoms with E-state index in [2.05, 4.69) is 17.6 Å². The molecule has 0 saturated heterocycles. The Bertz CT molecular complexity index is 387. The molecule has 3 nitrogen and oxygen atoms in total. The highest BCUT2D eigenvalue weighted by atomic mass is 32.2. The van der Waals surface area contributed by atoms with Gasteiger partial charge in [-0.15, -0.1) is 11.8 Å². The number of hydrogen-bond donors (Lipinski definition) is 2. The Morgan fingerprint density at radius 1 is 1.26 bits per heavy atom. The van der Waals surface area contributed by atoms with Crippen LogP contribution in [0.3, 0.4) is 0 Å². The van der Waals surface area contributed by atoms with Crippen molar-refractivity contribution in [1.82, 2.24) is 10.6 Å². The lowest BCUT2D eigenvalue weighted by Crippen LogP contribution is -2.32. The standard InChI is InChI=1S/C14H21FN2OS/c1-2-8-16-9-10-17-14(18)7-11-19-13-6-4-3-5-12(13)15/h3-6,16H,2,7-11H2,1H3,(H,17,18). The largest absolute Gasteiger partial charge is 0.355 e. The predicted molar refractivity (Wildman–Crippen MR) is 77.9 cm³/mol. The highest BCUT2D eigenvalue weighted by molar-refractivity contribution is 7.99. The van der Waals surface area contributed by atoms with E-state index < -0.39 is 0 Å². The van der Waals surface area contributed by atoms with Crippen molar-refractivity contribution in [2.45, 2.75) is 24.7 Å². The van der Waals surface area contributed by atoms with E-state index in [0.29, 0.717) is 23.6 Å². The molecule has 0 saturated carbocycles. The van der Waals surface area contributed by atoms with Crippen molar-refractivity contribution < 1.29 is 9.18 Å². The Balaban J connectivity index is 2.09. The van der Waals surface area contributed by atoms with Crippen LogP contribution in [0.5, 0.6) is 0 Å². The molecule has 0 atom stereocenters. The Morgan fingerprint density at radius 2 is 2.05 bits per heavy atom. The summed E-state index contributed by atoms with van der Waals surface area (Å²) in [6, 6.07) is 6.62. The van der Waals surface area contributed by atoms with E-state index in [0.717, 1.165) is 19.5 Å². The lowest BCUT2D eigenvalue weighted by atomic mass is 10.3. The number of carbonyl (C=O) groups is 1. The van der Waals surface area contributed by atoms with Crippen LogP contribution in [0.4, 0.5) is 4.39 Å². The van der Waals surface area contributed by atoms with Crippen molar-refractivity contribution in [1.29, 1.82) is 0 Å². The van der Waals surface area contributed by atoms with Crippen molar-refractivity contribution in [2.75, 3.05) is 25.4 Å². The fourth-order valence-electron chi connectivity index (χ4n) is 1.50. The maximum Gasteiger partial charge on any atom is 0.220 e. The molecule has 0 bridgehead atoms. The number of halogens is 1. The van der Waals surface area contributed by atoms with E-state index in [-0.39, 0.29) is 11.7 Å². The maximum atomic E-state index is 13.3. The summed E-state index contributed by atoms with van der Waals surface area (Å²) in [6.07, 6.45) is 1.50. The van der Waals surface area contributed by atoms with Gasteiger partial charge < -0.3 is 10.6 Å². The summed E-state index contributed by atoms with van der Waals surface area (Å²) < 4.78 is 13.3. The van der Waals surface area contributed by atoms with Crippen molar-refractivity contribution in [3.63, 3.8) is 0 Å². The summed E-state index contributed by atoms with van der Waals surface area (Å²) >= 11 is 1.37. The van der Waals surface area contributed by atoms with E-state index in [4.69, 9.17) is 0 Å². The first kappa shape index (κ1) is 16.0. The lowest BCUT2D eigenvalue weighted by molar-refractivity contribution is -0.120. The van der Waals surface area contributed by atoms with E-state index in [1.165, 1.54) is 17.8 Å². The molecular formula is C14H21FN2OS. The van der Waals surface area contributed by atoms with Gasteiger partial charge >= 0.3 is 0 Å². The molecular weight excluding hydrogens is 263 g/mol. The topological polar surface area (TPSA) is 41.1 Å². The van der Waals surface area contributed by atoms with Gasteiger partial charge in [0.2, 0.25) is 5.91 Å². The first-order valence-corrected chi connectivity index (χ1v) is 7.57. The summed E-state index contributed by atoms with van der Waals surface area (Å²) in [5.41, 5.74) is 0. The quantitative estimate of drug-likeness (QED) is 0.540. The van der Waals surface area contributed by atoms with E-state index in [1.807, 2.05) is 0 Å². The van der Waals surface area contributed by atoms with E-state index in [1.54, 1.807) is 18.2 Å². The third-order valence-corrected chi connectivity index (χ3v) is 3.52. The van der Waals surface area contributed by atoms with E-state index in [9.17, 15) is 9.18 Å². The molecule has 0 unspecified atom stereocenters. The van der Waals surface area contributed by atoms with E-state index >= 15 is 0 Å². The Labute approximate surface area is 118 Å². The minimum absolute atomic E-state index is 0.0159. The van der Waals surface area contributed by atoms with Gasteiger partial charge in [-0.05, 0) is 25.1 Å². The molecule has 0 fully saturated rings. The van der Waals surface area contributed by atoms with Crippen molar-refractivity contribution in [3.05, 3.63) is 30.1 Å². The first-order valence-electron chi connectivity index (χ1n) is 6.58. The van der Waals surface area contributed by atoms with Crippen molar-refractivity contribution in [3.8, 4) is 0 Å². The van der Waals surface area contributed by atoms with Crippen LogP contribution in [0.1, 0.15) is 19.8 Å². The third kappa shape index (κ3) is 7.18. The van der Waals surface area contributed by atoms with Crippen LogP contribution >= 0.6 is 11.8 Å². The summed E-state index contributed by atoms with van der Waals surface area (Å²) in [5, 5.41) is 6.04. The zero-order valence-corrected chi connectivity index (χ0v) is 12.1. The highest BCUT2D eigenvalue weighted by Crippen LogP contribution is 2.21. The van der Waals surface area contributed by atoms with Gasteiger partial charge in [0.15, 0.2) is 0 Å². The highest BCUT2D eigenvalue weighted by Gasteiger charge is 2.04. The third-order valence-electron chi connectivity index (χ3n) is 2.47. The monoisotopic (exact) mass is 284 g/mol. The van der Waals surface area contributed by atoms with Gasteiger partial charge in [-0.25, -0.2) is 4.39 Å². The summed E-state index contributed by atoms with van der Waals surface area (Å²) in [5.74, 6) is 0.383. The van der Waals surface area contributed by atoms with Gasteiger partial charge in [0.25, 0.3) is 0 Å². The van der Waals surface area contributed by atoms with Crippen molar-refractivity contribution >= 4 is 17.7 Å². The molecule has 0 heterocycles. The zero-order valence-electron chi connectivity index (χ0n) is 11.2. The molecule has 5 heteroatoms. The minimum Gasteiger partial charge on any atom is -0.355 e. The van der Waals surface area contributed by atoms with Crippen LogP contribution in [-0.2, 0) is 4.79 Å². The number of carbonyl (C=O) groups excluding carboxylic acids is 1. The maximum absolute atomic E-state index is 13.3. The molecule has 0 aliphatic rings. The molecule has 0 aromatic heterocycles. The first-order chi connectivity index (χ1) is 9.24. The number of hydrogen-bond acceptors (Lipinski definition) is 3. The number of benzene rings is 1. The molecule has 106 valence electrons. The van der Waals surface area contributed by atoms with Gasteiger partial charge in [0, 0.05) is 30.2 Å². The SMILES string of the molecule is CCCNCCNC(=O)CCSc1ccccc1F. The van der Waals surface area contributed by atoms with Crippen LogP contribution < -0.4 is 10.6 Å². The molecule has 0 radical (unpaired) electrons. The van der Waals surface area contributed by atoms with Crippen LogP contribution in [0, 0.1) is 5.82 Å². The van der Waals surface area contributed by atoms with Gasteiger partial charge in [0.05, 0.1) is 0 Å². The lowest BCUT2D eigenvalue weighted by Gasteiger charge is -2.06. The minimum atomic E-state index is -0.225. The number of thioether (sulfide) groups is 1. The summed E-state index contributed by atoms with van der Waals surface area (Å²) in [4.78, 5) is 12.1. The smallest absolute Gasteiger partial charge is 0.220 e. The predicted octanol–water partition coefficient (Wildman–Crippen LogP) is 2.42. The Kier molecular flexibility index (Phi) is 8.25.